The summed E-state index contributed by atoms with van der Waals surface area (Å²) < 4.78 is 0. The van der Waals surface area contributed by atoms with Gasteiger partial charge in [0.25, 0.3) is 0 Å². The van der Waals surface area contributed by atoms with Crippen LogP contribution in [0.25, 0.3) is 0 Å². The third-order valence-corrected chi connectivity index (χ3v) is 4.99. The predicted octanol–water partition coefficient (Wildman–Crippen LogP) is 3.03. The zero-order valence-electron chi connectivity index (χ0n) is 14.8. The zero-order chi connectivity index (χ0) is 17.8. The molecular formula is C20H25N3O2. The maximum absolute atomic E-state index is 11.2. The molecule has 1 fully saturated rings. The first-order chi connectivity index (χ1) is 12.1. The minimum Gasteiger partial charge on any atom is -0.481 e. The highest BCUT2D eigenvalue weighted by Gasteiger charge is 2.30. The number of aromatic nitrogens is 1. The van der Waals surface area contributed by atoms with Crippen molar-refractivity contribution in [3.05, 3.63) is 59.9 Å². The Morgan fingerprint density at radius 3 is 2.16 bits per heavy atom. The molecule has 0 bridgehead atoms. The molecule has 0 amide bonds. The summed E-state index contributed by atoms with van der Waals surface area (Å²) in [6.07, 6.45) is 5.04. The Kier molecular flexibility index (Phi) is 5.34. The number of piperidine rings is 1. The highest BCUT2D eigenvalue weighted by Crippen LogP contribution is 2.33. The SMILES string of the molecule is CN(C)c1ccc(C(c2ccncc2)N2CCC(C(=O)O)CC2)cc1. The first-order valence-corrected chi connectivity index (χ1v) is 8.70. The number of carbonyl (C=O) groups is 1. The predicted molar refractivity (Wildman–Crippen MR) is 98.8 cm³/mol. The van der Waals surface area contributed by atoms with E-state index in [0.29, 0.717) is 12.8 Å². The van der Waals surface area contributed by atoms with E-state index in [4.69, 9.17) is 0 Å². The standard InChI is InChI=1S/C20H25N3O2/c1-22(2)18-5-3-15(4-6-18)19(16-7-11-21-12-8-16)23-13-9-17(10-14-23)20(24)25/h3-8,11-12,17,19H,9-10,13-14H2,1-2H3,(H,24,25). The van der Waals surface area contributed by atoms with Crippen LogP contribution in [-0.4, -0.2) is 48.1 Å². The van der Waals surface area contributed by atoms with E-state index in [1.807, 2.05) is 38.6 Å². The van der Waals surface area contributed by atoms with Crippen LogP contribution in [0, 0.1) is 5.92 Å². The third kappa shape index (κ3) is 3.99. The molecule has 1 N–H and O–H groups in total. The quantitative estimate of drug-likeness (QED) is 0.907. The van der Waals surface area contributed by atoms with E-state index in [9.17, 15) is 9.90 Å². The largest absolute Gasteiger partial charge is 0.481 e. The molecule has 0 radical (unpaired) electrons. The fourth-order valence-electron chi connectivity index (χ4n) is 3.52. The van der Waals surface area contributed by atoms with E-state index in [2.05, 4.69) is 39.0 Å². The van der Waals surface area contributed by atoms with Crippen molar-refractivity contribution in [3.8, 4) is 0 Å². The van der Waals surface area contributed by atoms with Gasteiger partial charge in [-0.15, -0.1) is 0 Å². The van der Waals surface area contributed by atoms with Gasteiger partial charge in [0.15, 0.2) is 0 Å². The van der Waals surface area contributed by atoms with E-state index in [0.717, 1.165) is 13.1 Å². The van der Waals surface area contributed by atoms with E-state index in [1.165, 1.54) is 16.8 Å². The summed E-state index contributed by atoms with van der Waals surface area (Å²) in [4.78, 5) is 19.9. The molecule has 5 heteroatoms. The van der Waals surface area contributed by atoms with E-state index in [-0.39, 0.29) is 12.0 Å². The first-order valence-electron chi connectivity index (χ1n) is 8.70. The normalized spacial score (nSPS) is 17.2. The monoisotopic (exact) mass is 339 g/mol. The molecule has 0 spiro atoms. The fourth-order valence-corrected chi connectivity index (χ4v) is 3.52. The fraction of sp³-hybridized carbons (Fsp3) is 0.400. The Labute approximate surface area is 148 Å². The molecule has 1 aliphatic heterocycles. The Morgan fingerprint density at radius 1 is 1.08 bits per heavy atom. The van der Waals surface area contributed by atoms with Gasteiger partial charge >= 0.3 is 5.97 Å². The number of likely N-dealkylation sites (tertiary alicyclic amines) is 1. The average molecular weight is 339 g/mol. The van der Waals surface area contributed by atoms with Crippen LogP contribution in [0.4, 0.5) is 5.69 Å². The smallest absolute Gasteiger partial charge is 0.306 e. The van der Waals surface area contributed by atoms with Gasteiger partial charge in [0.1, 0.15) is 0 Å². The summed E-state index contributed by atoms with van der Waals surface area (Å²) in [5.74, 6) is -0.888. The molecule has 0 saturated carbocycles. The highest BCUT2D eigenvalue weighted by atomic mass is 16.4. The van der Waals surface area contributed by atoms with Gasteiger partial charge in [-0.3, -0.25) is 14.7 Å². The van der Waals surface area contributed by atoms with Gasteiger partial charge in [0.2, 0.25) is 0 Å². The van der Waals surface area contributed by atoms with Crippen molar-refractivity contribution < 1.29 is 9.90 Å². The van der Waals surface area contributed by atoms with E-state index >= 15 is 0 Å². The average Bonchev–Trinajstić information content (AvgIpc) is 2.64. The molecule has 1 atom stereocenters. The van der Waals surface area contributed by atoms with Crippen LogP contribution in [0.2, 0.25) is 0 Å². The Balaban J connectivity index is 1.87. The molecular weight excluding hydrogens is 314 g/mol. The second kappa shape index (κ2) is 7.66. The van der Waals surface area contributed by atoms with Gasteiger partial charge in [-0.05, 0) is 61.3 Å². The molecule has 1 aromatic carbocycles. The lowest BCUT2D eigenvalue weighted by atomic mass is 9.91. The lowest BCUT2D eigenvalue weighted by molar-refractivity contribution is -0.143. The molecule has 1 aliphatic rings. The lowest BCUT2D eigenvalue weighted by Crippen LogP contribution is -2.39. The second-order valence-corrected chi connectivity index (χ2v) is 6.82. The number of hydrogen-bond donors (Lipinski definition) is 1. The minimum absolute atomic E-state index is 0.133. The van der Waals surface area contributed by atoms with E-state index < -0.39 is 5.97 Å². The maximum atomic E-state index is 11.2. The topological polar surface area (TPSA) is 56.7 Å². The number of rotatable bonds is 5. The number of anilines is 1. The summed E-state index contributed by atoms with van der Waals surface area (Å²) in [5, 5.41) is 9.25. The number of aliphatic carboxylic acids is 1. The molecule has 0 aliphatic carbocycles. The summed E-state index contributed by atoms with van der Waals surface area (Å²) in [7, 11) is 4.07. The van der Waals surface area contributed by atoms with Gasteiger partial charge in [-0.2, -0.15) is 0 Å². The number of pyridine rings is 1. The van der Waals surface area contributed by atoms with Gasteiger partial charge in [0, 0.05) is 32.2 Å². The van der Waals surface area contributed by atoms with Gasteiger partial charge < -0.3 is 10.0 Å². The summed E-state index contributed by atoms with van der Waals surface area (Å²) in [6.45, 7) is 1.58. The van der Waals surface area contributed by atoms with Crippen molar-refractivity contribution in [2.75, 3.05) is 32.1 Å². The van der Waals surface area contributed by atoms with Crippen LogP contribution in [-0.2, 0) is 4.79 Å². The van der Waals surface area contributed by atoms with Crippen molar-refractivity contribution in [2.24, 2.45) is 5.92 Å². The van der Waals surface area contributed by atoms with Crippen LogP contribution < -0.4 is 4.90 Å². The molecule has 5 nitrogen and oxygen atoms in total. The Hall–Kier alpha value is -2.40. The molecule has 1 unspecified atom stereocenters. The molecule has 1 saturated heterocycles. The van der Waals surface area contributed by atoms with Crippen LogP contribution in [0.3, 0.4) is 0 Å². The molecule has 3 rings (SSSR count). The van der Waals surface area contributed by atoms with E-state index in [1.54, 1.807) is 0 Å². The maximum Gasteiger partial charge on any atom is 0.306 e. The highest BCUT2D eigenvalue weighted by molar-refractivity contribution is 5.70. The number of hydrogen-bond acceptors (Lipinski definition) is 4. The number of carboxylic acids is 1. The van der Waals surface area contributed by atoms with Crippen molar-refractivity contribution in [2.45, 2.75) is 18.9 Å². The van der Waals surface area contributed by atoms with Crippen molar-refractivity contribution in [1.82, 2.24) is 9.88 Å². The van der Waals surface area contributed by atoms with Crippen molar-refractivity contribution in [1.29, 1.82) is 0 Å². The summed E-state index contributed by atoms with van der Waals surface area (Å²) in [5.41, 5.74) is 3.59. The Bertz CT molecular complexity index is 693. The van der Waals surface area contributed by atoms with Gasteiger partial charge in [0.05, 0.1) is 12.0 Å². The van der Waals surface area contributed by atoms with Crippen LogP contribution in [0.1, 0.15) is 30.0 Å². The number of carboxylic acid groups (broad SMARTS) is 1. The molecule has 2 aromatic rings. The second-order valence-electron chi connectivity index (χ2n) is 6.82. The number of nitrogens with zero attached hydrogens (tertiary/aromatic N) is 3. The summed E-state index contributed by atoms with van der Waals surface area (Å²) in [6, 6.07) is 12.8. The van der Waals surface area contributed by atoms with Crippen LogP contribution in [0.15, 0.2) is 48.8 Å². The van der Waals surface area contributed by atoms with Crippen LogP contribution >= 0.6 is 0 Å². The molecule has 1 aromatic heterocycles. The van der Waals surface area contributed by atoms with Gasteiger partial charge in [-0.1, -0.05) is 12.1 Å². The molecule has 2 heterocycles. The third-order valence-electron chi connectivity index (χ3n) is 4.99. The summed E-state index contributed by atoms with van der Waals surface area (Å²) >= 11 is 0. The van der Waals surface area contributed by atoms with Gasteiger partial charge in [-0.25, -0.2) is 0 Å². The number of benzene rings is 1. The Morgan fingerprint density at radius 2 is 1.64 bits per heavy atom. The molecule has 132 valence electrons. The first kappa shape index (κ1) is 17.4. The van der Waals surface area contributed by atoms with Crippen molar-refractivity contribution in [3.63, 3.8) is 0 Å². The minimum atomic E-state index is -0.671. The lowest BCUT2D eigenvalue weighted by Gasteiger charge is -2.37. The zero-order valence-corrected chi connectivity index (χ0v) is 14.8. The van der Waals surface area contributed by atoms with Crippen molar-refractivity contribution >= 4 is 11.7 Å². The van der Waals surface area contributed by atoms with Crippen LogP contribution in [0.5, 0.6) is 0 Å². The molecule has 25 heavy (non-hydrogen) atoms.